The number of hydrogen-bond acceptors (Lipinski definition) is 5. The van der Waals surface area contributed by atoms with Gasteiger partial charge in [0.1, 0.15) is 0 Å². The van der Waals surface area contributed by atoms with Gasteiger partial charge >= 0.3 is 5.97 Å². The summed E-state index contributed by atoms with van der Waals surface area (Å²) in [6, 6.07) is 0. The van der Waals surface area contributed by atoms with Crippen molar-refractivity contribution in [2.24, 2.45) is 0 Å². The lowest BCUT2D eigenvalue weighted by atomic mass is 10.3. The Hall–Kier alpha value is -1.96. The van der Waals surface area contributed by atoms with Gasteiger partial charge in [-0.3, -0.25) is 9.59 Å². The molecule has 0 saturated carbocycles. The quantitative estimate of drug-likeness (QED) is 0.655. The fraction of sp³-hybridized carbons (Fsp3) is 0.455. The molecule has 2 amide bonds. The number of rotatable bonds is 7. The molecule has 0 saturated heterocycles. The molecule has 0 aliphatic carbocycles. The van der Waals surface area contributed by atoms with Crippen molar-refractivity contribution in [1.29, 1.82) is 0 Å². The summed E-state index contributed by atoms with van der Waals surface area (Å²) in [6.07, 6.45) is 0.710. The molecule has 0 atom stereocenters. The fourth-order valence-corrected chi connectivity index (χ4v) is 2.05. The van der Waals surface area contributed by atoms with Gasteiger partial charge in [-0.2, -0.15) is 0 Å². The van der Waals surface area contributed by atoms with Gasteiger partial charge in [-0.15, -0.1) is 11.3 Å². The molecule has 0 radical (unpaired) electrons. The first-order valence-corrected chi connectivity index (χ1v) is 6.56. The Labute approximate surface area is 114 Å². The zero-order valence-electron chi connectivity index (χ0n) is 10.4. The molecule has 0 unspecified atom stereocenters. The Morgan fingerprint density at radius 3 is 2.63 bits per heavy atom. The van der Waals surface area contributed by atoms with Gasteiger partial charge in [-0.25, -0.2) is 9.78 Å². The minimum absolute atomic E-state index is 0.0250. The molecule has 1 heterocycles. The molecule has 0 fully saturated rings. The highest BCUT2D eigenvalue weighted by atomic mass is 32.1. The number of carboxylic acid groups (broad SMARTS) is 1. The summed E-state index contributed by atoms with van der Waals surface area (Å²) in [5.74, 6) is -1.39. The zero-order chi connectivity index (χ0) is 14.3. The molecule has 0 aliphatic heterocycles. The number of hydrogen-bond donors (Lipinski definition) is 3. The first-order chi connectivity index (χ1) is 8.99. The fourth-order valence-electron chi connectivity index (χ4n) is 1.27. The highest BCUT2D eigenvalue weighted by Gasteiger charge is 2.08. The molecule has 104 valence electrons. The summed E-state index contributed by atoms with van der Waals surface area (Å²) >= 11 is 1.25. The third-order valence-corrected chi connectivity index (χ3v) is 3.07. The van der Waals surface area contributed by atoms with E-state index < -0.39 is 5.97 Å². The molecule has 19 heavy (non-hydrogen) atoms. The molecule has 1 rings (SSSR count). The van der Waals surface area contributed by atoms with Crippen LogP contribution in [0.2, 0.25) is 0 Å². The van der Waals surface area contributed by atoms with Gasteiger partial charge in [0.15, 0.2) is 5.69 Å². The Morgan fingerprint density at radius 1 is 1.32 bits per heavy atom. The van der Waals surface area contributed by atoms with Gasteiger partial charge < -0.3 is 15.7 Å². The summed E-state index contributed by atoms with van der Waals surface area (Å²) in [5, 5.41) is 16.0. The zero-order valence-corrected chi connectivity index (χ0v) is 11.2. The maximum Gasteiger partial charge on any atom is 0.355 e. The third-order valence-electron chi connectivity index (χ3n) is 2.16. The highest BCUT2D eigenvalue weighted by Crippen LogP contribution is 2.09. The molecule has 1 aromatic heterocycles. The SMILES string of the molecule is CC(=O)NCCC(=O)NCCc1nc(C(=O)O)cs1. The van der Waals surface area contributed by atoms with Crippen LogP contribution in [0.25, 0.3) is 0 Å². The van der Waals surface area contributed by atoms with Gasteiger partial charge in [-0.05, 0) is 0 Å². The van der Waals surface area contributed by atoms with Crippen LogP contribution in [0.5, 0.6) is 0 Å². The average molecular weight is 285 g/mol. The highest BCUT2D eigenvalue weighted by molar-refractivity contribution is 7.09. The number of aromatic nitrogens is 1. The number of aromatic carboxylic acids is 1. The number of nitrogens with zero attached hydrogens (tertiary/aromatic N) is 1. The average Bonchev–Trinajstić information content (AvgIpc) is 2.77. The first-order valence-electron chi connectivity index (χ1n) is 5.68. The van der Waals surface area contributed by atoms with Crippen LogP contribution in [-0.4, -0.2) is 41.0 Å². The van der Waals surface area contributed by atoms with E-state index in [-0.39, 0.29) is 23.9 Å². The Balaban J connectivity index is 2.20. The number of nitrogens with one attached hydrogen (secondary N) is 2. The molecular formula is C11H15N3O4S. The van der Waals surface area contributed by atoms with Gasteiger partial charge in [0, 0.05) is 38.2 Å². The van der Waals surface area contributed by atoms with Gasteiger partial charge in [0.25, 0.3) is 0 Å². The molecule has 0 bridgehead atoms. The molecule has 1 aromatic rings. The molecule has 0 spiro atoms. The van der Waals surface area contributed by atoms with Crippen molar-refractivity contribution < 1.29 is 19.5 Å². The lowest BCUT2D eigenvalue weighted by Crippen LogP contribution is -2.30. The molecule has 8 heteroatoms. The summed E-state index contributed by atoms with van der Waals surface area (Å²) in [4.78, 5) is 36.5. The summed E-state index contributed by atoms with van der Waals surface area (Å²) in [5.41, 5.74) is 0.0250. The van der Waals surface area contributed by atoms with E-state index in [1.807, 2.05) is 0 Å². The summed E-state index contributed by atoms with van der Waals surface area (Å²) < 4.78 is 0. The maximum absolute atomic E-state index is 11.4. The van der Waals surface area contributed by atoms with E-state index in [0.717, 1.165) is 0 Å². The second-order valence-corrected chi connectivity index (χ2v) is 4.71. The van der Waals surface area contributed by atoms with Crippen molar-refractivity contribution in [2.45, 2.75) is 19.8 Å². The Bertz CT molecular complexity index is 472. The summed E-state index contributed by atoms with van der Waals surface area (Å²) in [6.45, 7) is 2.09. The van der Waals surface area contributed by atoms with Crippen LogP contribution in [-0.2, 0) is 16.0 Å². The minimum atomic E-state index is -1.05. The van der Waals surface area contributed by atoms with Crippen molar-refractivity contribution in [3.8, 4) is 0 Å². The van der Waals surface area contributed by atoms with E-state index in [2.05, 4.69) is 15.6 Å². The van der Waals surface area contributed by atoms with Crippen LogP contribution in [0, 0.1) is 0 Å². The Morgan fingerprint density at radius 2 is 2.05 bits per heavy atom. The number of thiazole rings is 1. The van der Waals surface area contributed by atoms with Crippen LogP contribution < -0.4 is 10.6 Å². The van der Waals surface area contributed by atoms with Crippen molar-refractivity contribution in [3.05, 3.63) is 16.1 Å². The van der Waals surface area contributed by atoms with E-state index in [9.17, 15) is 14.4 Å². The van der Waals surface area contributed by atoms with Crippen LogP contribution >= 0.6 is 11.3 Å². The van der Waals surface area contributed by atoms with Crippen LogP contribution in [0.15, 0.2) is 5.38 Å². The monoisotopic (exact) mass is 285 g/mol. The van der Waals surface area contributed by atoms with Crippen LogP contribution in [0.3, 0.4) is 0 Å². The lowest BCUT2D eigenvalue weighted by molar-refractivity contribution is -0.121. The molecule has 3 N–H and O–H groups in total. The largest absolute Gasteiger partial charge is 0.476 e. The van der Waals surface area contributed by atoms with Crippen LogP contribution in [0.1, 0.15) is 28.8 Å². The van der Waals surface area contributed by atoms with E-state index in [1.165, 1.54) is 23.6 Å². The van der Waals surface area contributed by atoms with Crippen molar-refractivity contribution in [3.63, 3.8) is 0 Å². The predicted molar refractivity (Wildman–Crippen MR) is 69.1 cm³/mol. The smallest absolute Gasteiger partial charge is 0.355 e. The summed E-state index contributed by atoms with van der Waals surface area (Å²) in [7, 11) is 0. The van der Waals surface area contributed by atoms with Gasteiger partial charge in [-0.1, -0.05) is 0 Å². The predicted octanol–water partition coefficient (Wildman–Crippen LogP) is 0.0262. The van der Waals surface area contributed by atoms with E-state index >= 15 is 0 Å². The van der Waals surface area contributed by atoms with E-state index in [1.54, 1.807) is 0 Å². The first kappa shape index (κ1) is 15.1. The number of amides is 2. The molecule has 0 aliphatic rings. The number of carbonyl (C=O) groups excluding carboxylic acids is 2. The molecule has 0 aromatic carbocycles. The van der Waals surface area contributed by atoms with Gasteiger partial charge in [0.2, 0.25) is 11.8 Å². The van der Waals surface area contributed by atoms with Crippen molar-refractivity contribution >= 4 is 29.1 Å². The van der Waals surface area contributed by atoms with Crippen LogP contribution in [0.4, 0.5) is 0 Å². The second-order valence-electron chi connectivity index (χ2n) is 3.76. The van der Waals surface area contributed by atoms with E-state index in [0.29, 0.717) is 24.5 Å². The van der Waals surface area contributed by atoms with E-state index in [4.69, 9.17) is 5.11 Å². The Kier molecular flexibility index (Phi) is 5.94. The van der Waals surface area contributed by atoms with Crippen molar-refractivity contribution in [2.75, 3.05) is 13.1 Å². The standard InChI is InChI=1S/C11H15N3O4S/c1-7(15)12-4-2-9(16)13-5-3-10-14-8(6-19-10)11(17)18/h6H,2-5H2,1H3,(H,12,15)(H,13,16)(H,17,18). The normalized spacial score (nSPS) is 9.95. The number of carbonyl (C=O) groups is 3. The number of carboxylic acids is 1. The lowest BCUT2D eigenvalue weighted by Gasteiger charge is -2.04. The molecular weight excluding hydrogens is 270 g/mol. The minimum Gasteiger partial charge on any atom is -0.476 e. The van der Waals surface area contributed by atoms with Gasteiger partial charge in [0.05, 0.1) is 5.01 Å². The van der Waals surface area contributed by atoms with Crippen molar-refractivity contribution in [1.82, 2.24) is 15.6 Å². The maximum atomic E-state index is 11.4. The second kappa shape index (κ2) is 7.47. The molecule has 7 nitrogen and oxygen atoms in total. The topological polar surface area (TPSA) is 108 Å². The third kappa shape index (κ3) is 5.96.